The van der Waals surface area contributed by atoms with Crippen LogP contribution in [-0.2, 0) is 6.54 Å². The fourth-order valence-corrected chi connectivity index (χ4v) is 3.19. The summed E-state index contributed by atoms with van der Waals surface area (Å²) in [5, 5.41) is 7.30. The van der Waals surface area contributed by atoms with Crippen molar-refractivity contribution < 1.29 is 0 Å². The molecule has 3 aromatic heterocycles. The molecule has 0 saturated heterocycles. The lowest BCUT2D eigenvalue weighted by Crippen LogP contribution is -2.12. The van der Waals surface area contributed by atoms with Crippen LogP contribution in [0.3, 0.4) is 0 Å². The smallest absolute Gasteiger partial charge is 0.240 e. The molecule has 0 radical (unpaired) electrons. The number of aromatic nitrogens is 3. The highest BCUT2D eigenvalue weighted by molar-refractivity contribution is 7.16. The number of rotatable bonds is 4. The van der Waals surface area contributed by atoms with Gasteiger partial charge in [0.2, 0.25) is 5.95 Å². The maximum Gasteiger partial charge on any atom is 0.240 e. The van der Waals surface area contributed by atoms with E-state index in [2.05, 4.69) is 25.7 Å². The summed E-state index contributed by atoms with van der Waals surface area (Å²) in [5.74, 6) is 6.56. The standard InChI is InChI=1S/C11H12N6S2/c1-6-4-13-8(19-6)5-14-9-7-2-3-18-10(7)16-11(15-9)17-12/h2-4H,5,12H2,1H3,(H2,14,15,16,17). The number of nitrogens with zero attached hydrogens (tertiary/aromatic N) is 3. The van der Waals surface area contributed by atoms with Gasteiger partial charge in [0, 0.05) is 11.1 Å². The molecule has 0 aromatic carbocycles. The fraction of sp³-hybridized carbons (Fsp3) is 0.182. The van der Waals surface area contributed by atoms with Gasteiger partial charge < -0.3 is 5.32 Å². The third kappa shape index (κ3) is 2.50. The maximum absolute atomic E-state index is 5.38. The number of anilines is 2. The van der Waals surface area contributed by atoms with Crippen molar-refractivity contribution in [3.05, 3.63) is 27.5 Å². The summed E-state index contributed by atoms with van der Waals surface area (Å²) in [5.41, 5.74) is 2.48. The Hall–Kier alpha value is -1.77. The SMILES string of the molecule is Cc1cnc(CNc2nc(NN)nc3sccc23)s1. The van der Waals surface area contributed by atoms with E-state index < -0.39 is 0 Å². The van der Waals surface area contributed by atoms with Crippen LogP contribution in [0.2, 0.25) is 0 Å². The van der Waals surface area contributed by atoms with Crippen LogP contribution in [-0.4, -0.2) is 15.0 Å². The van der Waals surface area contributed by atoms with E-state index in [1.807, 2.05) is 24.6 Å². The van der Waals surface area contributed by atoms with Crippen LogP contribution in [0, 0.1) is 6.92 Å². The molecular formula is C11H12N6S2. The van der Waals surface area contributed by atoms with Crippen LogP contribution in [0.15, 0.2) is 17.6 Å². The summed E-state index contributed by atoms with van der Waals surface area (Å²) in [4.78, 5) is 15.0. The van der Waals surface area contributed by atoms with Crippen molar-refractivity contribution in [2.75, 3.05) is 10.7 Å². The highest BCUT2D eigenvalue weighted by atomic mass is 32.1. The van der Waals surface area contributed by atoms with Gasteiger partial charge in [-0.2, -0.15) is 4.98 Å². The molecule has 0 saturated carbocycles. The van der Waals surface area contributed by atoms with Crippen molar-refractivity contribution in [3.8, 4) is 0 Å². The lowest BCUT2D eigenvalue weighted by molar-refractivity contribution is 1.07. The Kier molecular flexibility index (Phi) is 3.28. The van der Waals surface area contributed by atoms with Crippen LogP contribution >= 0.6 is 22.7 Å². The first-order valence-corrected chi connectivity index (χ1v) is 7.33. The minimum atomic E-state index is 0.410. The predicted octanol–water partition coefficient (Wildman–Crippen LogP) is 2.35. The molecule has 0 amide bonds. The number of hydrogen-bond donors (Lipinski definition) is 3. The molecule has 98 valence electrons. The normalized spacial score (nSPS) is 10.8. The molecule has 0 aliphatic carbocycles. The van der Waals surface area contributed by atoms with Gasteiger partial charge in [-0.3, -0.25) is 5.43 Å². The van der Waals surface area contributed by atoms with E-state index in [-0.39, 0.29) is 0 Å². The molecule has 4 N–H and O–H groups in total. The monoisotopic (exact) mass is 292 g/mol. The predicted molar refractivity (Wildman–Crippen MR) is 79.4 cm³/mol. The van der Waals surface area contributed by atoms with E-state index in [0.717, 1.165) is 21.0 Å². The average Bonchev–Trinajstić information content (AvgIpc) is 3.04. The second kappa shape index (κ2) is 5.08. The molecular weight excluding hydrogens is 280 g/mol. The molecule has 0 spiro atoms. The fourth-order valence-electron chi connectivity index (χ4n) is 1.70. The Balaban J connectivity index is 1.88. The lowest BCUT2D eigenvalue weighted by atomic mass is 10.4. The highest BCUT2D eigenvalue weighted by Gasteiger charge is 2.08. The average molecular weight is 292 g/mol. The van der Waals surface area contributed by atoms with Gasteiger partial charge in [0.25, 0.3) is 0 Å². The van der Waals surface area contributed by atoms with Gasteiger partial charge in [0.15, 0.2) is 0 Å². The van der Waals surface area contributed by atoms with Crippen molar-refractivity contribution in [3.63, 3.8) is 0 Å². The van der Waals surface area contributed by atoms with Gasteiger partial charge in [0.05, 0.1) is 11.9 Å². The molecule has 0 atom stereocenters. The summed E-state index contributed by atoms with van der Waals surface area (Å²) in [6.07, 6.45) is 1.87. The first-order chi connectivity index (χ1) is 9.26. The zero-order valence-electron chi connectivity index (χ0n) is 10.2. The molecule has 3 rings (SSSR count). The zero-order valence-corrected chi connectivity index (χ0v) is 11.8. The summed E-state index contributed by atoms with van der Waals surface area (Å²) in [6, 6.07) is 2.00. The van der Waals surface area contributed by atoms with Crippen LogP contribution in [0.4, 0.5) is 11.8 Å². The van der Waals surface area contributed by atoms with Crippen molar-refractivity contribution in [2.24, 2.45) is 5.84 Å². The second-order valence-corrected chi connectivity index (χ2v) is 6.11. The first kappa shape index (κ1) is 12.3. The van der Waals surface area contributed by atoms with E-state index >= 15 is 0 Å². The molecule has 19 heavy (non-hydrogen) atoms. The van der Waals surface area contributed by atoms with Gasteiger partial charge in [-0.1, -0.05) is 0 Å². The van der Waals surface area contributed by atoms with E-state index in [4.69, 9.17) is 5.84 Å². The van der Waals surface area contributed by atoms with Gasteiger partial charge in [-0.15, -0.1) is 22.7 Å². The van der Waals surface area contributed by atoms with E-state index in [1.165, 1.54) is 4.88 Å². The Bertz CT molecular complexity index is 704. The molecule has 0 aliphatic heterocycles. The zero-order chi connectivity index (χ0) is 13.2. The van der Waals surface area contributed by atoms with E-state index in [0.29, 0.717) is 12.5 Å². The van der Waals surface area contributed by atoms with E-state index in [1.54, 1.807) is 22.7 Å². The number of nitrogens with one attached hydrogen (secondary N) is 2. The molecule has 0 fully saturated rings. The van der Waals surface area contributed by atoms with Crippen molar-refractivity contribution >= 4 is 44.7 Å². The van der Waals surface area contributed by atoms with E-state index in [9.17, 15) is 0 Å². The maximum atomic E-state index is 5.38. The Morgan fingerprint density at radius 2 is 2.26 bits per heavy atom. The minimum Gasteiger partial charge on any atom is -0.363 e. The molecule has 0 unspecified atom stereocenters. The third-order valence-corrected chi connectivity index (χ3v) is 4.25. The largest absolute Gasteiger partial charge is 0.363 e. The first-order valence-electron chi connectivity index (χ1n) is 5.63. The number of nitrogens with two attached hydrogens (primary N) is 1. The van der Waals surface area contributed by atoms with Gasteiger partial charge >= 0.3 is 0 Å². The molecule has 3 heterocycles. The molecule has 8 heteroatoms. The van der Waals surface area contributed by atoms with Crippen LogP contribution in [0.25, 0.3) is 10.2 Å². The number of thiophene rings is 1. The number of fused-ring (bicyclic) bond motifs is 1. The second-order valence-electron chi connectivity index (χ2n) is 3.90. The number of hydrogen-bond acceptors (Lipinski definition) is 8. The quantitative estimate of drug-likeness (QED) is 0.505. The van der Waals surface area contributed by atoms with Crippen molar-refractivity contribution in [1.29, 1.82) is 0 Å². The van der Waals surface area contributed by atoms with Gasteiger partial charge in [0.1, 0.15) is 15.7 Å². The summed E-state index contributed by atoms with van der Waals surface area (Å²) in [7, 11) is 0. The van der Waals surface area contributed by atoms with Crippen LogP contribution < -0.4 is 16.6 Å². The van der Waals surface area contributed by atoms with Gasteiger partial charge in [-0.25, -0.2) is 15.8 Å². The van der Waals surface area contributed by atoms with Crippen LogP contribution in [0.1, 0.15) is 9.88 Å². The number of thiazole rings is 1. The van der Waals surface area contributed by atoms with Crippen LogP contribution in [0.5, 0.6) is 0 Å². The minimum absolute atomic E-state index is 0.410. The third-order valence-electron chi connectivity index (χ3n) is 2.53. The number of aryl methyl sites for hydroxylation is 1. The highest BCUT2D eigenvalue weighted by Crippen LogP contribution is 2.26. The number of hydrazine groups is 1. The Labute approximate surface area is 117 Å². The Morgan fingerprint density at radius 1 is 1.37 bits per heavy atom. The summed E-state index contributed by atoms with van der Waals surface area (Å²) in [6.45, 7) is 2.68. The number of nitrogen functional groups attached to an aromatic ring is 1. The molecule has 6 nitrogen and oxygen atoms in total. The molecule has 0 aliphatic rings. The lowest BCUT2D eigenvalue weighted by Gasteiger charge is -2.06. The molecule has 0 bridgehead atoms. The summed E-state index contributed by atoms with van der Waals surface area (Å²) >= 11 is 3.23. The van der Waals surface area contributed by atoms with Crippen molar-refractivity contribution in [1.82, 2.24) is 15.0 Å². The topological polar surface area (TPSA) is 88.8 Å². The Morgan fingerprint density at radius 3 is 3.00 bits per heavy atom. The molecule has 3 aromatic rings. The van der Waals surface area contributed by atoms with Crippen molar-refractivity contribution in [2.45, 2.75) is 13.5 Å². The van der Waals surface area contributed by atoms with Gasteiger partial charge in [-0.05, 0) is 18.4 Å². The summed E-state index contributed by atoms with van der Waals surface area (Å²) < 4.78 is 0.